The number of hydrogen-bond acceptors (Lipinski definition) is 3. The minimum Gasteiger partial charge on any atom is -0.497 e. The average Bonchev–Trinajstić information content (AvgIpc) is 2.59. The van der Waals surface area contributed by atoms with E-state index in [1.54, 1.807) is 7.11 Å². The smallest absolute Gasteiger partial charge is 0.126 e. The third-order valence-electron chi connectivity index (χ3n) is 3.25. The summed E-state index contributed by atoms with van der Waals surface area (Å²) in [6.45, 7) is 2.71. The van der Waals surface area contributed by atoms with E-state index in [0.29, 0.717) is 12.2 Å². The Balaban J connectivity index is 2.40. The quantitative estimate of drug-likeness (QED) is 0.510. The first-order chi connectivity index (χ1) is 11.2. The Morgan fingerprint density at radius 2 is 1.96 bits per heavy atom. The van der Waals surface area contributed by atoms with Crippen molar-refractivity contribution in [2.24, 2.45) is 0 Å². The van der Waals surface area contributed by atoms with Gasteiger partial charge in [-0.25, -0.2) is 0 Å². The zero-order chi connectivity index (χ0) is 16.7. The molecule has 4 heteroatoms. The molecule has 0 bridgehead atoms. The van der Waals surface area contributed by atoms with E-state index in [1.165, 1.54) is 0 Å². The van der Waals surface area contributed by atoms with Gasteiger partial charge in [0, 0.05) is 10.0 Å². The molecule has 2 rings (SSSR count). The van der Waals surface area contributed by atoms with E-state index in [4.69, 9.17) is 9.47 Å². The van der Waals surface area contributed by atoms with Gasteiger partial charge in [-0.1, -0.05) is 22.9 Å². The standard InChI is InChI=1S/C19H18BrNO2/c1-3-10-23-19-9-6-17(20)12-15(19)11-16(13-21)14-4-7-18(22-2)8-5-14/h4-9,11-12H,3,10H2,1-2H3/b16-11+. The molecule has 2 aromatic carbocycles. The molecule has 0 spiro atoms. The average molecular weight is 372 g/mol. The first-order valence-electron chi connectivity index (χ1n) is 7.36. The first-order valence-corrected chi connectivity index (χ1v) is 8.15. The van der Waals surface area contributed by atoms with Crippen molar-refractivity contribution in [3.63, 3.8) is 0 Å². The minimum absolute atomic E-state index is 0.576. The van der Waals surface area contributed by atoms with Crippen LogP contribution in [-0.4, -0.2) is 13.7 Å². The molecule has 23 heavy (non-hydrogen) atoms. The molecule has 0 saturated carbocycles. The normalized spacial score (nSPS) is 11.0. The van der Waals surface area contributed by atoms with E-state index in [0.717, 1.165) is 33.5 Å². The van der Waals surface area contributed by atoms with Gasteiger partial charge >= 0.3 is 0 Å². The molecule has 0 N–H and O–H groups in total. The lowest BCUT2D eigenvalue weighted by molar-refractivity contribution is 0.317. The number of nitriles is 1. The second kappa shape index (κ2) is 8.40. The molecular weight excluding hydrogens is 354 g/mol. The predicted octanol–water partition coefficient (Wildman–Crippen LogP) is 5.31. The highest BCUT2D eigenvalue weighted by Gasteiger charge is 2.07. The van der Waals surface area contributed by atoms with Crippen molar-refractivity contribution in [2.75, 3.05) is 13.7 Å². The molecule has 0 heterocycles. The summed E-state index contributed by atoms with van der Waals surface area (Å²) in [5.74, 6) is 1.54. The van der Waals surface area contributed by atoms with Crippen LogP contribution in [0.4, 0.5) is 0 Å². The summed E-state index contributed by atoms with van der Waals surface area (Å²) in [5.41, 5.74) is 2.29. The second-order valence-electron chi connectivity index (χ2n) is 4.93. The van der Waals surface area contributed by atoms with Gasteiger partial charge in [0.25, 0.3) is 0 Å². The van der Waals surface area contributed by atoms with Gasteiger partial charge in [-0.3, -0.25) is 0 Å². The largest absolute Gasteiger partial charge is 0.497 e. The number of nitrogens with zero attached hydrogens (tertiary/aromatic N) is 1. The van der Waals surface area contributed by atoms with Crippen molar-refractivity contribution in [3.05, 3.63) is 58.1 Å². The van der Waals surface area contributed by atoms with Crippen molar-refractivity contribution in [3.8, 4) is 17.6 Å². The predicted molar refractivity (Wildman–Crippen MR) is 96.4 cm³/mol. The van der Waals surface area contributed by atoms with Crippen LogP contribution in [0.25, 0.3) is 11.6 Å². The van der Waals surface area contributed by atoms with Crippen molar-refractivity contribution < 1.29 is 9.47 Å². The van der Waals surface area contributed by atoms with E-state index in [2.05, 4.69) is 28.9 Å². The zero-order valence-electron chi connectivity index (χ0n) is 13.2. The maximum absolute atomic E-state index is 9.50. The van der Waals surface area contributed by atoms with Crippen LogP contribution in [-0.2, 0) is 0 Å². The summed E-state index contributed by atoms with van der Waals surface area (Å²) in [6.07, 6.45) is 2.78. The van der Waals surface area contributed by atoms with Gasteiger partial charge in [-0.15, -0.1) is 0 Å². The van der Waals surface area contributed by atoms with Gasteiger partial charge in [-0.2, -0.15) is 5.26 Å². The molecule has 0 aliphatic rings. The Morgan fingerprint density at radius 3 is 2.57 bits per heavy atom. The monoisotopic (exact) mass is 371 g/mol. The maximum atomic E-state index is 9.50. The fourth-order valence-corrected chi connectivity index (χ4v) is 2.46. The molecule has 0 saturated heterocycles. The minimum atomic E-state index is 0.576. The van der Waals surface area contributed by atoms with E-state index in [9.17, 15) is 5.26 Å². The van der Waals surface area contributed by atoms with Crippen LogP contribution in [0.15, 0.2) is 46.9 Å². The Bertz CT molecular complexity index is 730. The van der Waals surface area contributed by atoms with E-state index in [-0.39, 0.29) is 0 Å². The molecular formula is C19H18BrNO2. The fourth-order valence-electron chi connectivity index (χ4n) is 2.08. The van der Waals surface area contributed by atoms with Crippen LogP contribution >= 0.6 is 15.9 Å². The second-order valence-corrected chi connectivity index (χ2v) is 5.84. The number of rotatable bonds is 6. The Kier molecular flexibility index (Phi) is 6.25. The molecule has 2 aromatic rings. The van der Waals surface area contributed by atoms with Crippen LogP contribution in [0.1, 0.15) is 24.5 Å². The van der Waals surface area contributed by atoms with Crippen molar-refractivity contribution >= 4 is 27.6 Å². The van der Waals surface area contributed by atoms with Gasteiger partial charge < -0.3 is 9.47 Å². The summed E-state index contributed by atoms with van der Waals surface area (Å²) in [7, 11) is 1.62. The van der Waals surface area contributed by atoms with E-state index >= 15 is 0 Å². The molecule has 0 fully saturated rings. The molecule has 0 aliphatic heterocycles. The molecule has 0 unspecified atom stereocenters. The van der Waals surface area contributed by atoms with Crippen LogP contribution in [0.3, 0.4) is 0 Å². The van der Waals surface area contributed by atoms with Gasteiger partial charge in [0.2, 0.25) is 0 Å². The maximum Gasteiger partial charge on any atom is 0.126 e. The zero-order valence-corrected chi connectivity index (χ0v) is 14.8. The number of ether oxygens (including phenoxy) is 2. The molecule has 0 atom stereocenters. The molecule has 0 amide bonds. The number of hydrogen-bond donors (Lipinski definition) is 0. The van der Waals surface area contributed by atoms with E-state index < -0.39 is 0 Å². The lowest BCUT2D eigenvalue weighted by Gasteiger charge is -2.09. The Hall–Kier alpha value is -2.25. The first kappa shape index (κ1) is 17.1. The molecule has 3 nitrogen and oxygen atoms in total. The van der Waals surface area contributed by atoms with Crippen molar-refractivity contribution in [1.82, 2.24) is 0 Å². The van der Waals surface area contributed by atoms with Crippen LogP contribution < -0.4 is 9.47 Å². The van der Waals surface area contributed by atoms with Gasteiger partial charge in [0.15, 0.2) is 0 Å². The van der Waals surface area contributed by atoms with Crippen molar-refractivity contribution in [2.45, 2.75) is 13.3 Å². The fraction of sp³-hybridized carbons (Fsp3) is 0.211. The molecule has 0 radical (unpaired) electrons. The molecule has 118 valence electrons. The molecule has 0 aliphatic carbocycles. The lowest BCUT2D eigenvalue weighted by Crippen LogP contribution is -1.97. The Labute approximate surface area is 145 Å². The van der Waals surface area contributed by atoms with E-state index in [1.807, 2.05) is 48.5 Å². The number of halogens is 1. The summed E-state index contributed by atoms with van der Waals surface area (Å²) >= 11 is 3.47. The van der Waals surface area contributed by atoms with Crippen molar-refractivity contribution in [1.29, 1.82) is 5.26 Å². The third-order valence-corrected chi connectivity index (χ3v) is 3.75. The topological polar surface area (TPSA) is 42.2 Å². The highest BCUT2D eigenvalue weighted by Crippen LogP contribution is 2.28. The third kappa shape index (κ3) is 4.61. The molecule has 0 aromatic heterocycles. The van der Waals surface area contributed by atoms with Gasteiger partial charge in [-0.05, 0) is 60.5 Å². The van der Waals surface area contributed by atoms with Gasteiger partial charge in [0.1, 0.15) is 11.5 Å². The van der Waals surface area contributed by atoms with Crippen LogP contribution in [0.2, 0.25) is 0 Å². The number of allylic oxidation sites excluding steroid dienone is 1. The SMILES string of the molecule is CCCOc1ccc(Br)cc1/C=C(\C#N)c1ccc(OC)cc1. The lowest BCUT2D eigenvalue weighted by atomic mass is 10.0. The summed E-state index contributed by atoms with van der Waals surface area (Å²) < 4.78 is 11.9. The summed E-state index contributed by atoms with van der Waals surface area (Å²) in [5, 5.41) is 9.50. The summed E-state index contributed by atoms with van der Waals surface area (Å²) in [6, 6.07) is 15.5. The van der Waals surface area contributed by atoms with Crippen LogP contribution in [0.5, 0.6) is 11.5 Å². The number of benzene rings is 2. The van der Waals surface area contributed by atoms with Crippen LogP contribution in [0, 0.1) is 11.3 Å². The number of methoxy groups -OCH3 is 1. The summed E-state index contributed by atoms with van der Waals surface area (Å²) in [4.78, 5) is 0. The highest BCUT2D eigenvalue weighted by atomic mass is 79.9. The van der Waals surface area contributed by atoms with Gasteiger partial charge in [0.05, 0.1) is 25.4 Å². The highest BCUT2D eigenvalue weighted by molar-refractivity contribution is 9.10. The Morgan fingerprint density at radius 1 is 1.22 bits per heavy atom.